The van der Waals surface area contributed by atoms with Crippen LogP contribution in [-0.4, -0.2) is 19.6 Å². The molecule has 0 aromatic carbocycles. The number of hydrogen-bond donors (Lipinski definition) is 0. The molecular weight excluding hydrogens is 224 g/mol. The van der Waals surface area contributed by atoms with Crippen molar-refractivity contribution in [1.82, 2.24) is 19.6 Å². The minimum atomic E-state index is 0.436. The van der Waals surface area contributed by atoms with Gasteiger partial charge in [0.2, 0.25) is 0 Å². The van der Waals surface area contributed by atoms with Crippen LogP contribution in [0.15, 0.2) is 24.8 Å². The molecule has 0 aliphatic carbocycles. The van der Waals surface area contributed by atoms with E-state index in [4.69, 9.17) is 0 Å². The van der Waals surface area contributed by atoms with Crippen LogP contribution in [0.4, 0.5) is 0 Å². The fourth-order valence-electron chi connectivity index (χ4n) is 1.96. The average Bonchev–Trinajstić information content (AvgIpc) is 2.95. The van der Waals surface area contributed by atoms with Gasteiger partial charge in [-0.05, 0) is 44.2 Å². The smallest absolute Gasteiger partial charge is 0.0521 e. The Morgan fingerprint density at radius 3 is 2.33 bits per heavy atom. The molecule has 0 aliphatic heterocycles. The fraction of sp³-hybridized carbons (Fsp3) is 0.571. The summed E-state index contributed by atoms with van der Waals surface area (Å²) in [6.45, 7) is 7.46. The topological polar surface area (TPSA) is 35.6 Å². The summed E-state index contributed by atoms with van der Waals surface area (Å²) in [5, 5.41) is 8.71. The Hall–Kier alpha value is -1.58. The molecule has 0 N–H and O–H groups in total. The highest BCUT2D eigenvalue weighted by molar-refractivity contribution is 5.11. The minimum Gasteiger partial charge on any atom is -0.272 e. The first-order valence-corrected chi connectivity index (χ1v) is 6.73. The zero-order chi connectivity index (χ0) is 13.0. The largest absolute Gasteiger partial charge is 0.272 e. The van der Waals surface area contributed by atoms with Crippen LogP contribution in [-0.2, 0) is 19.4 Å². The van der Waals surface area contributed by atoms with Crippen LogP contribution in [0.3, 0.4) is 0 Å². The first-order chi connectivity index (χ1) is 8.69. The van der Waals surface area contributed by atoms with Gasteiger partial charge >= 0.3 is 0 Å². The molecule has 0 radical (unpaired) electrons. The van der Waals surface area contributed by atoms with Crippen molar-refractivity contribution in [3.8, 4) is 0 Å². The fourth-order valence-corrected chi connectivity index (χ4v) is 1.96. The van der Waals surface area contributed by atoms with Gasteiger partial charge in [-0.3, -0.25) is 9.36 Å². The van der Waals surface area contributed by atoms with E-state index < -0.39 is 0 Å². The lowest BCUT2D eigenvalue weighted by molar-refractivity contribution is 0.532. The number of hydrogen-bond acceptors (Lipinski definition) is 2. The number of nitrogens with zero attached hydrogens (tertiary/aromatic N) is 4. The van der Waals surface area contributed by atoms with Gasteiger partial charge in [-0.15, -0.1) is 0 Å². The molecule has 98 valence electrons. The summed E-state index contributed by atoms with van der Waals surface area (Å²) in [6, 6.07) is 0.436. The monoisotopic (exact) mass is 246 g/mol. The maximum absolute atomic E-state index is 4.36. The standard InChI is InChI=1S/C14H22N4/c1-4-7-17-10-13(8-15-17)5-6-14-9-16-18(11-14)12(2)3/h8-12H,4-7H2,1-3H3. The molecule has 4 nitrogen and oxygen atoms in total. The maximum atomic E-state index is 4.36. The van der Waals surface area contributed by atoms with Gasteiger partial charge in [0.25, 0.3) is 0 Å². The Labute approximate surface area is 109 Å². The highest BCUT2D eigenvalue weighted by atomic mass is 15.3. The Kier molecular flexibility index (Phi) is 4.18. The Balaban J connectivity index is 1.89. The highest BCUT2D eigenvalue weighted by Gasteiger charge is 2.03. The van der Waals surface area contributed by atoms with Crippen molar-refractivity contribution < 1.29 is 0 Å². The molecule has 0 fully saturated rings. The van der Waals surface area contributed by atoms with Crippen LogP contribution in [0.5, 0.6) is 0 Å². The SMILES string of the molecule is CCCn1cc(CCc2cnn(C(C)C)c2)cn1. The van der Waals surface area contributed by atoms with Crippen molar-refractivity contribution in [1.29, 1.82) is 0 Å². The molecule has 2 aromatic rings. The van der Waals surface area contributed by atoms with E-state index in [1.54, 1.807) is 0 Å². The van der Waals surface area contributed by atoms with Crippen molar-refractivity contribution in [2.24, 2.45) is 0 Å². The van der Waals surface area contributed by atoms with Gasteiger partial charge in [0.1, 0.15) is 0 Å². The van der Waals surface area contributed by atoms with E-state index in [1.807, 2.05) is 21.8 Å². The van der Waals surface area contributed by atoms with Crippen molar-refractivity contribution in [2.45, 2.75) is 52.6 Å². The van der Waals surface area contributed by atoms with Crippen molar-refractivity contribution in [3.63, 3.8) is 0 Å². The van der Waals surface area contributed by atoms with Gasteiger partial charge in [-0.1, -0.05) is 6.92 Å². The second-order valence-electron chi connectivity index (χ2n) is 5.03. The van der Waals surface area contributed by atoms with Gasteiger partial charge in [-0.2, -0.15) is 10.2 Å². The molecule has 0 saturated carbocycles. The van der Waals surface area contributed by atoms with Crippen molar-refractivity contribution >= 4 is 0 Å². The van der Waals surface area contributed by atoms with E-state index in [1.165, 1.54) is 11.1 Å². The average molecular weight is 246 g/mol. The van der Waals surface area contributed by atoms with E-state index in [2.05, 4.69) is 43.4 Å². The molecule has 2 aromatic heterocycles. The van der Waals surface area contributed by atoms with Crippen LogP contribution < -0.4 is 0 Å². The molecular formula is C14H22N4. The molecule has 0 amide bonds. The third kappa shape index (κ3) is 3.22. The summed E-state index contributed by atoms with van der Waals surface area (Å²) in [7, 11) is 0. The maximum Gasteiger partial charge on any atom is 0.0521 e. The molecule has 4 heteroatoms. The normalized spacial score (nSPS) is 11.3. The van der Waals surface area contributed by atoms with Crippen LogP contribution in [0.2, 0.25) is 0 Å². The predicted octanol–water partition coefficient (Wildman–Crippen LogP) is 2.86. The summed E-state index contributed by atoms with van der Waals surface area (Å²) < 4.78 is 4.03. The number of aryl methyl sites for hydroxylation is 3. The molecule has 0 atom stereocenters. The van der Waals surface area contributed by atoms with Crippen LogP contribution in [0.25, 0.3) is 0 Å². The van der Waals surface area contributed by atoms with Gasteiger partial charge in [0.15, 0.2) is 0 Å². The first-order valence-electron chi connectivity index (χ1n) is 6.73. The van der Waals surface area contributed by atoms with Crippen molar-refractivity contribution in [2.75, 3.05) is 0 Å². The molecule has 0 bridgehead atoms. The molecule has 2 heterocycles. The van der Waals surface area contributed by atoms with Crippen LogP contribution in [0, 0.1) is 0 Å². The summed E-state index contributed by atoms with van der Waals surface area (Å²) in [4.78, 5) is 0. The second-order valence-corrected chi connectivity index (χ2v) is 5.03. The van der Waals surface area contributed by atoms with Gasteiger partial charge in [0.05, 0.1) is 12.4 Å². The highest BCUT2D eigenvalue weighted by Crippen LogP contribution is 2.09. The number of aromatic nitrogens is 4. The lowest BCUT2D eigenvalue weighted by Crippen LogP contribution is -2.00. The molecule has 0 saturated heterocycles. The third-order valence-electron chi connectivity index (χ3n) is 3.03. The Morgan fingerprint density at radius 2 is 1.72 bits per heavy atom. The molecule has 0 aliphatic rings. The number of rotatable bonds is 6. The quantitative estimate of drug-likeness (QED) is 0.785. The molecule has 18 heavy (non-hydrogen) atoms. The molecule has 0 unspecified atom stereocenters. The van der Waals surface area contributed by atoms with Crippen LogP contribution >= 0.6 is 0 Å². The van der Waals surface area contributed by atoms with Gasteiger partial charge < -0.3 is 0 Å². The van der Waals surface area contributed by atoms with E-state index in [0.29, 0.717) is 6.04 Å². The zero-order valence-electron chi connectivity index (χ0n) is 11.5. The zero-order valence-corrected chi connectivity index (χ0v) is 11.5. The lowest BCUT2D eigenvalue weighted by Gasteiger charge is -2.02. The van der Waals surface area contributed by atoms with E-state index >= 15 is 0 Å². The summed E-state index contributed by atoms with van der Waals surface area (Å²) >= 11 is 0. The first kappa shape index (κ1) is 12.9. The lowest BCUT2D eigenvalue weighted by atomic mass is 10.1. The molecule has 2 rings (SSSR count). The summed E-state index contributed by atoms with van der Waals surface area (Å²) in [5.41, 5.74) is 2.60. The summed E-state index contributed by atoms with van der Waals surface area (Å²) in [6.07, 6.45) is 11.4. The molecule has 0 spiro atoms. The predicted molar refractivity (Wildman–Crippen MR) is 72.5 cm³/mol. The van der Waals surface area contributed by atoms with Crippen LogP contribution in [0.1, 0.15) is 44.4 Å². The van der Waals surface area contributed by atoms with E-state index in [0.717, 1.165) is 25.8 Å². The summed E-state index contributed by atoms with van der Waals surface area (Å²) in [5.74, 6) is 0. The Bertz CT molecular complexity index is 481. The van der Waals surface area contributed by atoms with Crippen molar-refractivity contribution in [3.05, 3.63) is 35.9 Å². The Morgan fingerprint density at radius 1 is 1.06 bits per heavy atom. The van der Waals surface area contributed by atoms with E-state index in [-0.39, 0.29) is 0 Å². The minimum absolute atomic E-state index is 0.436. The van der Waals surface area contributed by atoms with Gasteiger partial charge in [-0.25, -0.2) is 0 Å². The third-order valence-corrected chi connectivity index (χ3v) is 3.03. The second kappa shape index (κ2) is 5.85. The van der Waals surface area contributed by atoms with E-state index in [9.17, 15) is 0 Å². The van der Waals surface area contributed by atoms with Gasteiger partial charge in [0, 0.05) is 25.0 Å².